The third-order valence-corrected chi connectivity index (χ3v) is 4.41. The zero-order valence-corrected chi connectivity index (χ0v) is 13.8. The molecule has 0 fully saturated rings. The van der Waals surface area contributed by atoms with Gasteiger partial charge in [0.2, 0.25) is 0 Å². The minimum absolute atomic E-state index is 0.147. The largest absolute Gasteiger partial charge is 0.321 e. The number of anilines is 1. The highest BCUT2D eigenvalue weighted by molar-refractivity contribution is 7.98. The summed E-state index contributed by atoms with van der Waals surface area (Å²) in [5.41, 5.74) is 3.14. The summed E-state index contributed by atoms with van der Waals surface area (Å²) in [6.45, 7) is 1.90. The number of nitrogens with one attached hydrogen (secondary N) is 1. The lowest BCUT2D eigenvalue weighted by atomic mass is 10.2. The number of carbonyl (C=O) groups excluding carboxylic acids is 1. The Kier molecular flexibility index (Phi) is 4.48. The molecule has 3 rings (SSSR count). The van der Waals surface area contributed by atoms with Gasteiger partial charge in [0.05, 0.1) is 28.8 Å². The van der Waals surface area contributed by atoms with E-state index in [1.165, 1.54) is 0 Å². The van der Waals surface area contributed by atoms with E-state index in [1.54, 1.807) is 22.6 Å². The van der Waals surface area contributed by atoms with E-state index in [-0.39, 0.29) is 5.91 Å². The van der Waals surface area contributed by atoms with Gasteiger partial charge in [0.15, 0.2) is 0 Å². The van der Waals surface area contributed by atoms with Crippen molar-refractivity contribution >= 4 is 23.4 Å². The summed E-state index contributed by atoms with van der Waals surface area (Å²) in [5, 5.41) is 7.31. The standard InChI is InChI=1S/C18H17N3OS/c1-13-15(12-19-21(13)14-8-4-3-5-9-14)18(22)20-16-10-6-7-11-17(16)23-2/h3-12H,1-2H3,(H,20,22). The number of amides is 1. The third kappa shape index (κ3) is 3.14. The summed E-state index contributed by atoms with van der Waals surface area (Å²) in [4.78, 5) is 13.6. The average Bonchev–Trinajstić information content (AvgIpc) is 2.98. The number of carbonyl (C=O) groups is 1. The van der Waals surface area contributed by atoms with E-state index in [4.69, 9.17) is 0 Å². The number of hydrogen-bond donors (Lipinski definition) is 1. The van der Waals surface area contributed by atoms with Crippen molar-refractivity contribution in [3.63, 3.8) is 0 Å². The summed E-state index contributed by atoms with van der Waals surface area (Å²) in [6, 6.07) is 17.5. The van der Waals surface area contributed by atoms with Crippen LogP contribution in [0, 0.1) is 6.92 Å². The lowest BCUT2D eigenvalue weighted by Gasteiger charge is -2.09. The van der Waals surface area contributed by atoms with Crippen molar-refractivity contribution < 1.29 is 4.79 Å². The maximum atomic E-state index is 12.6. The number of thioether (sulfide) groups is 1. The van der Waals surface area contributed by atoms with Crippen molar-refractivity contribution in [2.45, 2.75) is 11.8 Å². The van der Waals surface area contributed by atoms with Crippen molar-refractivity contribution in [3.8, 4) is 5.69 Å². The first-order valence-electron chi connectivity index (χ1n) is 7.25. The van der Waals surface area contributed by atoms with Crippen LogP contribution >= 0.6 is 11.8 Å². The van der Waals surface area contributed by atoms with Gasteiger partial charge in [-0.25, -0.2) is 4.68 Å². The van der Waals surface area contributed by atoms with E-state index in [9.17, 15) is 4.79 Å². The summed E-state index contributed by atoms with van der Waals surface area (Å²) >= 11 is 1.60. The molecule has 5 heteroatoms. The van der Waals surface area contributed by atoms with Crippen LogP contribution in [0.5, 0.6) is 0 Å². The Morgan fingerprint density at radius 1 is 1.09 bits per heavy atom. The van der Waals surface area contributed by atoms with Crippen molar-refractivity contribution in [2.75, 3.05) is 11.6 Å². The van der Waals surface area contributed by atoms with E-state index in [2.05, 4.69) is 10.4 Å². The molecule has 0 aliphatic heterocycles. The predicted octanol–water partition coefficient (Wildman–Crippen LogP) is 4.15. The van der Waals surface area contributed by atoms with Gasteiger partial charge in [-0.1, -0.05) is 30.3 Å². The van der Waals surface area contributed by atoms with E-state index in [0.29, 0.717) is 5.56 Å². The topological polar surface area (TPSA) is 46.9 Å². The Balaban J connectivity index is 1.88. The minimum Gasteiger partial charge on any atom is -0.321 e. The predicted molar refractivity (Wildman–Crippen MR) is 94.5 cm³/mol. The Morgan fingerprint density at radius 3 is 2.52 bits per heavy atom. The Morgan fingerprint density at radius 2 is 1.78 bits per heavy atom. The lowest BCUT2D eigenvalue weighted by Crippen LogP contribution is -2.13. The van der Waals surface area contributed by atoms with Gasteiger partial charge in [-0.15, -0.1) is 11.8 Å². The van der Waals surface area contributed by atoms with Crippen LogP contribution in [-0.2, 0) is 0 Å². The molecule has 0 atom stereocenters. The highest BCUT2D eigenvalue weighted by Gasteiger charge is 2.16. The zero-order valence-electron chi connectivity index (χ0n) is 13.0. The molecule has 3 aromatic rings. The van der Waals surface area contributed by atoms with Crippen LogP contribution in [0.25, 0.3) is 5.69 Å². The molecule has 116 valence electrons. The molecule has 1 N–H and O–H groups in total. The molecular weight excluding hydrogens is 306 g/mol. The maximum Gasteiger partial charge on any atom is 0.259 e. The Bertz CT molecular complexity index is 827. The molecule has 1 heterocycles. The smallest absolute Gasteiger partial charge is 0.259 e. The fourth-order valence-electron chi connectivity index (χ4n) is 2.40. The van der Waals surface area contributed by atoms with Crippen LogP contribution in [0.4, 0.5) is 5.69 Å². The molecule has 0 radical (unpaired) electrons. The van der Waals surface area contributed by atoms with E-state index in [0.717, 1.165) is 22.0 Å². The van der Waals surface area contributed by atoms with Crippen molar-refractivity contribution in [3.05, 3.63) is 72.1 Å². The molecule has 0 unspecified atom stereocenters. The molecule has 0 saturated carbocycles. The minimum atomic E-state index is -0.147. The van der Waals surface area contributed by atoms with E-state index < -0.39 is 0 Å². The van der Waals surface area contributed by atoms with Crippen LogP contribution in [-0.4, -0.2) is 21.9 Å². The second-order valence-electron chi connectivity index (χ2n) is 5.05. The molecule has 4 nitrogen and oxygen atoms in total. The number of hydrogen-bond acceptors (Lipinski definition) is 3. The normalized spacial score (nSPS) is 10.5. The third-order valence-electron chi connectivity index (χ3n) is 3.61. The fourth-order valence-corrected chi connectivity index (χ4v) is 2.95. The van der Waals surface area contributed by atoms with Gasteiger partial charge in [-0.05, 0) is 37.4 Å². The van der Waals surface area contributed by atoms with E-state index >= 15 is 0 Å². The van der Waals surface area contributed by atoms with Gasteiger partial charge in [-0.3, -0.25) is 4.79 Å². The van der Waals surface area contributed by atoms with E-state index in [1.807, 2.05) is 67.8 Å². The summed E-state index contributed by atoms with van der Waals surface area (Å²) in [7, 11) is 0. The Hall–Kier alpha value is -2.53. The van der Waals surface area contributed by atoms with Gasteiger partial charge in [-0.2, -0.15) is 5.10 Å². The number of nitrogens with zero attached hydrogens (tertiary/aromatic N) is 2. The molecule has 0 saturated heterocycles. The quantitative estimate of drug-likeness (QED) is 0.734. The van der Waals surface area contributed by atoms with Gasteiger partial charge < -0.3 is 5.32 Å². The number of rotatable bonds is 4. The fraction of sp³-hybridized carbons (Fsp3) is 0.111. The maximum absolute atomic E-state index is 12.6. The highest BCUT2D eigenvalue weighted by Crippen LogP contribution is 2.25. The van der Waals surface area contributed by atoms with Crippen LogP contribution in [0.3, 0.4) is 0 Å². The van der Waals surface area contributed by atoms with Gasteiger partial charge >= 0.3 is 0 Å². The second-order valence-corrected chi connectivity index (χ2v) is 5.89. The SMILES string of the molecule is CSc1ccccc1NC(=O)c1cnn(-c2ccccc2)c1C. The molecule has 23 heavy (non-hydrogen) atoms. The van der Waals surface area contributed by atoms with Crippen LogP contribution in [0.15, 0.2) is 65.7 Å². The molecule has 1 amide bonds. The first-order valence-corrected chi connectivity index (χ1v) is 8.47. The van der Waals surface area contributed by atoms with Crippen molar-refractivity contribution in [1.82, 2.24) is 9.78 Å². The van der Waals surface area contributed by atoms with Crippen molar-refractivity contribution in [2.24, 2.45) is 0 Å². The van der Waals surface area contributed by atoms with Gasteiger partial charge in [0.1, 0.15) is 0 Å². The zero-order chi connectivity index (χ0) is 16.2. The van der Waals surface area contributed by atoms with Crippen LogP contribution in [0.2, 0.25) is 0 Å². The molecule has 0 aliphatic carbocycles. The molecule has 0 aliphatic rings. The molecule has 0 bridgehead atoms. The molecule has 0 spiro atoms. The number of para-hydroxylation sites is 2. The molecule has 2 aromatic carbocycles. The van der Waals surface area contributed by atoms with Crippen LogP contribution in [0.1, 0.15) is 16.1 Å². The monoisotopic (exact) mass is 323 g/mol. The second kappa shape index (κ2) is 6.71. The number of benzene rings is 2. The molecule has 1 aromatic heterocycles. The lowest BCUT2D eigenvalue weighted by molar-refractivity contribution is 0.102. The Labute approximate surface area is 139 Å². The first kappa shape index (κ1) is 15.4. The van der Waals surface area contributed by atoms with Crippen molar-refractivity contribution in [1.29, 1.82) is 0 Å². The number of aromatic nitrogens is 2. The molecular formula is C18H17N3OS. The first-order chi connectivity index (χ1) is 11.2. The summed E-state index contributed by atoms with van der Waals surface area (Å²) < 4.78 is 1.77. The summed E-state index contributed by atoms with van der Waals surface area (Å²) in [5.74, 6) is -0.147. The average molecular weight is 323 g/mol. The summed E-state index contributed by atoms with van der Waals surface area (Å²) in [6.07, 6.45) is 3.60. The highest BCUT2D eigenvalue weighted by atomic mass is 32.2. The van der Waals surface area contributed by atoms with Gasteiger partial charge in [0, 0.05) is 4.90 Å². The van der Waals surface area contributed by atoms with Crippen LogP contribution < -0.4 is 5.32 Å². The van der Waals surface area contributed by atoms with Gasteiger partial charge in [0.25, 0.3) is 5.91 Å².